The van der Waals surface area contributed by atoms with Gasteiger partial charge in [-0.1, -0.05) is 59.3 Å². The van der Waals surface area contributed by atoms with E-state index in [1.54, 1.807) is 11.0 Å². The maximum absolute atomic E-state index is 13.1. The van der Waals surface area contributed by atoms with Crippen LogP contribution in [0.25, 0.3) is 0 Å². The van der Waals surface area contributed by atoms with Crippen LogP contribution < -0.4 is 5.32 Å². The number of aromatic nitrogens is 1. The van der Waals surface area contributed by atoms with Gasteiger partial charge in [0.2, 0.25) is 5.91 Å². The number of nitrogens with one attached hydrogen (secondary N) is 1. The lowest BCUT2D eigenvalue weighted by Gasteiger charge is -2.34. The van der Waals surface area contributed by atoms with Crippen molar-refractivity contribution < 1.29 is 18.8 Å². The molecule has 1 aliphatic rings. The minimum Gasteiger partial charge on any atom is -0.377 e. The normalized spacial score (nSPS) is 16.1. The maximum Gasteiger partial charge on any atom is 0.273 e. The smallest absolute Gasteiger partial charge is 0.273 e. The number of benzene rings is 2. The molecule has 2 amide bonds. The van der Waals surface area contributed by atoms with Crippen molar-refractivity contribution in [3.63, 3.8) is 0 Å². The van der Waals surface area contributed by atoms with Gasteiger partial charge in [0.15, 0.2) is 11.5 Å². The van der Waals surface area contributed by atoms with Crippen molar-refractivity contribution >= 4 is 11.8 Å². The molecule has 1 aliphatic heterocycles. The molecule has 1 N–H and O–H groups in total. The first-order valence-electron chi connectivity index (χ1n) is 10.7. The highest BCUT2D eigenvalue weighted by Crippen LogP contribution is 2.26. The van der Waals surface area contributed by atoms with E-state index in [1.165, 1.54) is 0 Å². The van der Waals surface area contributed by atoms with E-state index in [2.05, 4.69) is 10.5 Å². The second kappa shape index (κ2) is 9.78. The summed E-state index contributed by atoms with van der Waals surface area (Å²) in [6, 6.07) is 16.9. The second-order valence-corrected chi connectivity index (χ2v) is 8.07. The summed E-state index contributed by atoms with van der Waals surface area (Å²) >= 11 is 0. The molecule has 2 heterocycles. The van der Waals surface area contributed by atoms with E-state index in [4.69, 9.17) is 9.26 Å². The highest BCUT2D eigenvalue weighted by Gasteiger charge is 2.32. The van der Waals surface area contributed by atoms with Gasteiger partial charge in [0.05, 0.1) is 19.6 Å². The van der Waals surface area contributed by atoms with Crippen LogP contribution in [0.1, 0.15) is 44.5 Å². The van der Waals surface area contributed by atoms with Gasteiger partial charge in [0, 0.05) is 19.2 Å². The van der Waals surface area contributed by atoms with E-state index in [0.29, 0.717) is 38.5 Å². The molecule has 1 unspecified atom stereocenters. The monoisotopic (exact) mass is 433 g/mol. The average molecular weight is 434 g/mol. The molecule has 2 aromatic carbocycles. The summed E-state index contributed by atoms with van der Waals surface area (Å²) in [5.74, 6) is 0.121. The van der Waals surface area contributed by atoms with Crippen LogP contribution in [-0.2, 0) is 22.5 Å². The quantitative estimate of drug-likeness (QED) is 0.644. The van der Waals surface area contributed by atoms with Gasteiger partial charge in [-0.05, 0) is 30.5 Å². The Morgan fingerprint density at radius 3 is 2.75 bits per heavy atom. The molecule has 0 aliphatic carbocycles. The van der Waals surface area contributed by atoms with E-state index in [-0.39, 0.29) is 17.5 Å². The van der Waals surface area contributed by atoms with Gasteiger partial charge in [0.1, 0.15) is 6.04 Å². The number of hydrogen-bond acceptors (Lipinski definition) is 5. The number of rotatable bonds is 6. The summed E-state index contributed by atoms with van der Waals surface area (Å²) in [7, 11) is 0. The lowest BCUT2D eigenvalue weighted by Crippen LogP contribution is -2.44. The van der Waals surface area contributed by atoms with Crippen LogP contribution >= 0.6 is 0 Å². The number of hydrogen-bond donors (Lipinski definition) is 1. The predicted molar refractivity (Wildman–Crippen MR) is 119 cm³/mol. The lowest BCUT2D eigenvalue weighted by molar-refractivity contribution is -0.140. The van der Waals surface area contributed by atoms with Gasteiger partial charge >= 0.3 is 0 Å². The second-order valence-electron chi connectivity index (χ2n) is 8.07. The lowest BCUT2D eigenvalue weighted by atomic mass is 10.0. The molecule has 0 saturated carbocycles. The van der Waals surface area contributed by atoms with Crippen molar-refractivity contribution in [2.45, 2.75) is 32.9 Å². The molecule has 0 spiro atoms. The Bertz CT molecular complexity index is 1090. The van der Waals surface area contributed by atoms with Crippen LogP contribution in [0.4, 0.5) is 0 Å². The van der Waals surface area contributed by atoms with Crippen molar-refractivity contribution in [2.24, 2.45) is 0 Å². The summed E-state index contributed by atoms with van der Waals surface area (Å²) in [5, 5.41) is 6.76. The molecule has 0 radical (unpaired) electrons. The van der Waals surface area contributed by atoms with Crippen LogP contribution in [0.2, 0.25) is 0 Å². The molecular formula is C25H27N3O4. The average Bonchev–Trinajstić information content (AvgIpc) is 3.31. The zero-order valence-electron chi connectivity index (χ0n) is 18.3. The molecule has 7 heteroatoms. The number of carbonyl (C=O) groups excluding carboxylic acids is 2. The van der Waals surface area contributed by atoms with Gasteiger partial charge in [-0.15, -0.1) is 0 Å². The van der Waals surface area contributed by atoms with Crippen LogP contribution in [0.5, 0.6) is 0 Å². The number of nitrogens with zero attached hydrogens (tertiary/aromatic N) is 2. The van der Waals surface area contributed by atoms with Gasteiger partial charge in [-0.25, -0.2) is 0 Å². The van der Waals surface area contributed by atoms with Crippen LogP contribution in [0, 0.1) is 13.8 Å². The molecule has 1 aromatic heterocycles. The molecular weight excluding hydrogens is 406 g/mol. The minimum absolute atomic E-state index is 0.00141. The zero-order valence-corrected chi connectivity index (χ0v) is 18.3. The van der Waals surface area contributed by atoms with Crippen molar-refractivity contribution in [2.75, 3.05) is 19.8 Å². The summed E-state index contributed by atoms with van der Waals surface area (Å²) < 4.78 is 11.1. The molecule has 0 bridgehead atoms. The zero-order chi connectivity index (χ0) is 22.5. The van der Waals surface area contributed by atoms with E-state index in [1.807, 2.05) is 62.4 Å². The minimum atomic E-state index is -0.412. The Hall–Kier alpha value is -3.45. The van der Waals surface area contributed by atoms with E-state index in [0.717, 1.165) is 22.3 Å². The molecule has 4 rings (SSSR count). The number of aryl methyl sites for hydroxylation is 2. The molecule has 1 atom stereocenters. The molecule has 1 fully saturated rings. The number of carbonyl (C=O) groups is 2. The SMILES string of the molecule is Cc1ccc(C)c(CC(=O)N2CCOCC2c2cc(C(=O)NCc3ccccc3)no2)c1. The third-order valence-electron chi connectivity index (χ3n) is 5.68. The Morgan fingerprint density at radius 1 is 1.12 bits per heavy atom. The van der Waals surface area contributed by atoms with Crippen LogP contribution in [-0.4, -0.2) is 41.6 Å². The summed E-state index contributed by atoms with van der Waals surface area (Å²) in [6.07, 6.45) is 0.308. The largest absolute Gasteiger partial charge is 0.377 e. The van der Waals surface area contributed by atoms with E-state index < -0.39 is 6.04 Å². The maximum atomic E-state index is 13.1. The van der Waals surface area contributed by atoms with E-state index >= 15 is 0 Å². The van der Waals surface area contributed by atoms with Crippen LogP contribution in [0.3, 0.4) is 0 Å². The standard InChI is InChI=1S/C25H27N3O4/c1-17-8-9-18(2)20(12-17)13-24(29)28-10-11-31-16-22(28)23-14-21(27-32-23)25(30)26-15-19-6-4-3-5-7-19/h3-9,12,14,22H,10-11,13,15-16H2,1-2H3,(H,26,30). The Balaban J connectivity index is 1.44. The van der Waals surface area contributed by atoms with Crippen molar-refractivity contribution in [3.8, 4) is 0 Å². The first-order chi connectivity index (χ1) is 15.5. The summed E-state index contributed by atoms with van der Waals surface area (Å²) in [6.45, 7) is 5.66. The highest BCUT2D eigenvalue weighted by atomic mass is 16.5. The molecule has 1 saturated heterocycles. The molecule has 32 heavy (non-hydrogen) atoms. The summed E-state index contributed by atoms with van der Waals surface area (Å²) in [5.41, 5.74) is 4.40. The first kappa shape index (κ1) is 21.8. The number of morpholine rings is 1. The molecule has 7 nitrogen and oxygen atoms in total. The third kappa shape index (κ3) is 5.06. The van der Waals surface area contributed by atoms with Crippen molar-refractivity contribution in [3.05, 3.63) is 88.3 Å². The van der Waals surface area contributed by atoms with Crippen molar-refractivity contribution in [1.82, 2.24) is 15.4 Å². The van der Waals surface area contributed by atoms with Gasteiger partial charge < -0.3 is 19.5 Å². The van der Waals surface area contributed by atoms with Crippen LogP contribution in [0.15, 0.2) is 59.1 Å². The first-order valence-corrected chi connectivity index (χ1v) is 10.7. The fourth-order valence-electron chi connectivity index (χ4n) is 3.82. The fourth-order valence-corrected chi connectivity index (χ4v) is 3.82. The number of amides is 2. The Labute approximate surface area is 187 Å². The Morgan fingerprint density at radius 2 is 1.94 bits per heavy atom. The van der Waals surface area contributed by atoms with Gasteiger partial charge in [-0.3, -0.25) is 9.59 Å². The van der Waals surface area contributed by atoms with E-state index in [9.17, 15) is 9.59 Å². The molecule has 166 valence electrons. The van der Waals surface area contributed by atoms with Crippen molar-refractivity contribution in [1.29, 1.82) is 0 Å². The highest BCUT2D eigenvalue weighted by molar-refractivity contribution is 5.92. The molecule has 3 aromatic rings. The third-order valence-corrected chi connectivity index (χ3v) is 5.68. The van der Waals surface area contributed by atoms with Gasteiger partial charge in [-0.2, -0.15) is 0 Å². The number of ether oxygens (including phenoxy) is 1. The topological polar surface area (TPSA) is 84.7 Å². The predicted octanol–water partition coefficient (Wildman–Crippen LogP) is 3.36. The Kier molecular flexibility index (Phi) is 6.66. The summed E-state index contributed by atoms with van der Waals surface area (Å²) in [4.78, 5) is 27.4. The fraction of sp³-hybridized carbons (Fsp3) is 0.320. The van der Waals surface area contributed by atoms with Gasteiger partial charge in [0.25, 0.3) is 5.91 Å².